The third-order valence-electron chi connectivity index (χ3n) is 12.7. The van der Waals surface area contributed by atoms with Crippen molar-refractivity contribution in [3.8, 4) is 0 Å². The molecule has 0 radical (unpaired) electrons. The molecule has 0 aromatic heterocycles. The van der Waals surface area contributed by atoms with Crippen LogP contribution in [0.4, 0.5) is 0 Å². The van der Waals surface area contributed by atoms with E-state index in [9.17, 15) is 30.3 Å². The Morgan fingerprint density at radius 3 is 1.37 bits per heavy atom. The molecule has 0 bridgehead atoms. The van der Waals surface area contributed by atoms with Crippen LogP contribution in [0.15, 0.2) is 36.5 Å². The molecule has 7 unspecified atom stereocenters. The van der Waals surface area contributed by atoms with Gasteiger partial charge in [0, 0.05) is 6.42 Å². The van der Waals surface area contributed by atoms with Crippen LogP contribution in [-0.4, -0.2) is 87.5 Å². The van der Waals surface area contributed by atoms with Crippen LogP contribution in [0.25, 0.3) is 0 Å². The van der Waals surface area contributed by atoms with Gasteiger partial charge in [-0.05, 0) is 57.8 Å². The molecule has 63 heavy (non-hydrogen) atoms. The van der Waals surface area contributed by atoms with Gasteiger partial charge in [0.2, 0.25) is 5.91 Å². The fourth-order valence-corrected chi connectivity index (χ4v) is 8.40. The Bertz CT molecular complexity index is 1080. The summed E-state index contributed by atoms with van der Waals surface area (Å²) in [5.41, 5.74) is 0. The Balaban J connectivity index is 2.22. The lowest BCUT2D eigenvalue weighted by Crippen LogP contribution is -2.60. The molecule has 0 saturated carbocycles. The number of carbonyl (C=O) groups is 1. The minimum absolute atomic E-state index is 0.196. The van der Waals surface area contributed by atoms with E-state index in [0.717, 1.165) is 57.8 Å². The second kappa shape index (κ2) is 44.3. The number of rotatable bonds is 45. The fraction of sp³-hybridized carbons (Fsp3) is 0.870. The number of aliphatic hydroxyl groups excluding tert-OH is 5. The topological polar surface area (TPSA) is 149 Å². The van der Waals surface area contributed by atoms with Crippen molar-refractivity contribution in [1.82, 2.24) is 5.32 Å². The maximum absolute atomic E-state index is 12.9. The number of aliphatic hydroxyl groups is 5. The summed E-state index contributed by atoms with van der Waals surface area (Å²) in [6.45, 7) is 3.74. The zero-order valence-corrected chi connectivity index (χ0v) is 40.8. The third-order valence-corrected chi connectivity index (χ3v) is 12.7. The van der Waals surface area contributed by atoms with E-state index >= 15 is 0 Å². The molecule has 6 N–H and O–H groups in total. The van der Waals surface area contributed by atoms with Gasteiger partial charge in [-0.1, -0.05) is 217 Å². The van der Waals surface area contributed by atoms with Gasteiger partial charge in [-0.15, -0.1) is 0 Å². The summed E-state index contributed by atoms with van der Waals surface area (Å²) < 4.78 is 11.2. The molecule has 0 spiro atoms. The minimum atomic E-state index is -1.57. The van der Waals surface area contributed by atoms with Crippen LogP contribution in [0.3, 0.4) is 0 Å². The second-order valence-electron chi connectivity index (χ2n) is 18.7. The summed E-state index contributed by atoms with van der Waals surface area (Å²) in [7, 11) is 0. The molecular weight excluding hydrogens is 791 g/mol. The molecule has 1 fully saturated rings. The minimum Gasteiger partial charge on any atom is -0.394 e. The fourth-order valence-electron chi connectivity index (χ4n) is 8.40. The SMILES string of the molecule is CCCCC/C=C\CCCCCCCC(=O)NC(COC1OC(CO)C(O)C(O)C1O)C(O)/C=C/CC/C=C/CCCCCCCCCCCCCCCCCCCCCCCC. The van der Waals surface area contributed by atoms with Crippen LogP contribution in [0, 0.1) is 0 Å². The van der Waals surface area contributed by atoms with Crippen LogP contribution in [0.5, 0.6) is 0 Å². The molecule has 9 heteroatoms. The van der Waals surface area contributed by atoms with E-state index < -0.39 is 49.5 Å². The van der Waals surface area contributed by atoms with Crippen molar-refractivity contribution in [3.63, 3.8) is 0 Å². The van der Waals surface area contributed by atoms with E-state index in [0.29, 0.717) is 6.42 Å². The number of carbonyl (C=O) groups excluding carboxylic acids is 1. The Morgan fingerprint density at radius 2 is 0.905 bits per heavy atom. The first-order chi connectivity index (χ1) is 30.8. The lowest BCUT2D eigenvalue weighted by Gasteiger charge is -2.40. The van der Waals surface area contributed by atoms with Gasteiger partial charge in [0.15, 0.2) is 6.29 Å². The van der Waals surface area contributed by atoms with Crippen LogP contribution in [0.1, 0.15) is 245 Å². The molecule has 1 amide bonds. The lowest BCUT2D eigenvalue weighted by atomic mass is 9.99. The van der Waals surface area contributed by atoms with Gasteiger partial charge in [0.25, 0.3) is 0 Å². The molecule has 370 valence electrons. The van der Waals surface area contributed by atoms with Crippen molar-refractivity contribution in [3.05, 3.63) is 36.5 Å². The van der Waals surface area contributed by atoms with Crippen molar-refractivity contribution in [1.29, 1.82) is 0 Å². The number of allylic oxidation sites excluding steroid dienone is 5. The molecule has 1 aliphatic rings. The van der Waals surface area contributed by atoms with E-state index in [4.69, 9.17) is 9.47 Å². The number of nitrogens with one attached hydrogen (secondary N) is 1. The van der Waals surface area contributed by atoms with Gasteiger partial charge >= 0.3 is 0 Å². The third kappa shape index (κ3) is 34.4. The van der Waals surface area contributed by atoms with Gasteiger partial charge in [-0.3, -0.25) is 4.79 Å². The van der Waals surface area contributed by atoms with Gasteiger partial charge in [0.05, 0.1) is 25.4 Å². The predicted octanol–water partition coefficient (Wildman–Crippen LogP) is 12.4. The highest BCUT2D eigenvalue weighted by Gasteiger charge is 2.44. The lowest BCUT2D eigenvalue weighted by molar-refractivity contribution is -0.302. The Kier molecular flexibility index (Phi) is 41.7. The zero-order chi connectivity index (χ0) is 45.9. The molecule has 1 heterocycles. The van der Waals surface area contributed by atoms with Gasteiger partial charge in [-0.25, -0.2) is 0 Å². The van der Waals surface area contributed by atoms with Crippen LogP contribution in [0.2, 0.25) is 0 Å². The summed E-state index contributed by atoms with van der Waals surface area (Å²) in [6.07, 6.45) is 49.4. The molecule has 0 aliphatic carbocycles. The number of unbranched alkanes of at least 4 members (excludes halogenated alkanes) is 31. The van der Waals surface area contributed by atoms with Crippen molar-refractivity contribution in [2.75, 3.05) is 13.2 Å². The first-order valence-corrected chi connectivity index (χ1v) is 26.7. The van der Waals surface area contributed by atoms with Crippen LogP contribution >= 0.6 is 0 Å². The van der Waals surface area contributed by atoms with E-state index in [1.807, 2.05) is 6.08 Å². The van der Waals surface area contributed by atoms with Crippen LogP contribution in [-0.2, 0) is 14.3 Å². The molecule has 9 nitrogen and oxygen atoms in total. The molecular formula is C54H101NO8. The highest BCUT2D eigenvalue weighted by molar-refractivity contribution is 5.76. The first-order valence-electron chi connectivity index (χ1n) is 26.7. The zero-order valence-electron chi connectivity index (χ0n) is 40.8. The molecule has 1 saturated heterocycles. The predicted molar refractivity (Wildman–Crippen MR) is 263 cm³/mol. The summed E-state index contributed by atoms with van der Waals surface area (Å²) in [6, 6.07) is -0.824. The standard InChI is InChI=1S/C54H101NO8/c1-3-5-7-9-11-13-15-17-18-19-20-21-22-23-24-25-26-27-28-29-30-31-32-33-35-37-39-41-43-48(57)47(46-62-54-53(61)52(60)51(59)49(45-56)63-54)55-50(58)44-42-40-38-36-34-16-14-12-10-8-6-4-2/h12,14,33,35,41,43,47-49,51-54,56-57,59-61H,3-11,13,15-32,34,36-40,42,44-46H2,1-2H3,(H,55,58)/b14-12-,35-33+,43-41+. The highest BCUT2D eigenvalue weighted by atomic mass is 16.7. The normalized spacial score (nSPS) is 20.4. The van der Waals surface area contributed by atoms with Crippen molar-refractivity contribution in [2.45, 2.75) is 288 Å². The molecule has 7 atom stereocenters. The Labute approximate surface area is 387 Å². The number of ether oxygens (including phenoxy) is 2. The first kappa shape index (κ1) is 59.4. The van der Waals surface area contributed by atoms with Gasteiger partial charge in [0.1, 0.15) is 24.4 Å². The maximum atomic E-state index is 12.9. The summed E-state index contributed by atoms with van der Waals surface area (Å²) in [5, 5.41) is 54.3. The summed E-state index contributed by atoms with van der Waals surface area (Å²) in [4.78, 5) is 12.9. The quantitative estimate of drug-likeness (QED) is 0.0261. The molecule has 1 aliphatic heterocycles. The second-order valence-corrected chi connectivity index (χ2v) is 18.7. The molecule has 1 rings (SSSR count). The Morgan fingerprint density at radius 1 is 0.524 bits per heavy atom. The molecule has 0 aromatic rings. The van der Waals surface area contributed by atoms with E-state index in [2.05, 4.69) is 43.5 Å². The smallest absolute Gasteiger partial charge is 0.220 e. The van der Waals surface area contributed by atoms with E-state index in [1.54, 1.807) is 6.08 Å². The van der Waals surface area contributed by atoms with Crippen LogP contribution < -0.4 is 5.32 Å². The van der Waals surface area contributed by atoms with Gasteiger partial charge in [-0.2, -0.15) is 0 Å². The monoisotopic (exact) mass is 892 g/mol. The number of hydrogen-bond donors (Lipinski definition) is 6. The van der Waals surface area contributed by atoms with Crippen molar-refractivity contribution < 1.29 is 39.8 Å². The summed E-state index contributed by atoms with van der Waals surface area (Å²) in [5.74, 6) is -0.196. The van der Waals surface area contributed by atoms with Gasteiger partial charge < -0.3 is 40.3 Å². The number of amides is 1. The van der Waals surface area contributed by atoms with Crippen molar-refractivity contribution >= 4 is 5.91 Å². The largest absolute Gasteiger partial charge is 0.394 e. The average Bonchev–Trinajstić information content (AvgIpc) is 3.28. The molecule has 0 aromatic carbocycles. The average molecular weight is 892 g/mol. The highest BCUT2D eigenvalue weighted by Crippen LogP contribution is 2.23. The number of hydrogen-bond acceptors (Lipinski definition) is 8. The summed E-state index contributed by atoms with van der Waals surface area (Å²) >= 11 is 0. The Hall–Kier alpha value is -1.59. The van der Waals surface area contributed by atoms with E-state index in [1.165, 1.54) is 167 Å². The van der Waals surface area contributed by atoms with E-state index in [-0.39, 0.29) is 12.5 Å². The maximum Gasteiger partial charge on any atom is 0.220 e. The van der Waals surface area contributed by atoms with Crippen molar-refractivity contribution in [2.24, 2.45) is 0 Å².